The Balaban J connectivity index is 1.53. The van der Waals surface area contributed by atoms with Crippen LogP contribution in [-0.2, 0) is 38.3 Å². The third-order valence-electron chi connectivity index (χ3n) is 6.54. The van der Waals surface area contributed by atoms with Crippen molar-refractivity contribution in [1.82, 2.24) is 0 Å². The lowest BCUT2D eigenvalue weighted by molar-refractivity contribution is -0.145. The molecule has 2 aromatic carbocycles. The van der Waals surface area contributed by atoms with Crippen LogP contribution in [0.5, 0.6) is 17.2 Å². The van der Waals surface area contributed by atoms with Crippen molar-refractivity contribution in [3.8, 4) is 17.2 Å². The van der Waals surface area contributed by atoms with E-state index in [1.54, 1.807) is 19.1 Å². The van der Waals surface area contributed by atoms with Crippen LogP contribution in [0.1, 0.15) is 54.9 Å². The number of esters is 1. The van der Waals surface area contributed by atoms with Crippen LogP contribution in [0.25, 0.3) is 0 Å². The smallest absolute Gasteiger partial charge is 0.315 e. The van der Waals surface area contributed by atoms with Crippen molar-refractivity contribution in [2.75, 3.05) is 25.1 Å². The summed E-state index contributed by atoms with van der Waals surface area (Å²) in [7, 11) is 0. The van der Waals surface area contributed by atoms with Crippen molar-refractivity contribution < 1.29 is 28.9 Å². The van der Waals surface area contributed by atoms with Crippen molar-refractivity contribution in [1.29, 1.82) is 0 Å². The van der Waals surface area contributed by atoms with Gasteiger partial charge in [-0.3, -0.25) is 9.59 Å². The summed E-state index contributed by atoms with van der Waals surface area (Å²) in [5, 5.41) is 13.3. The first-order valence-electron chi connectivity index (χ1n) is 12.1. The van der Waals surface area contributed by atoms with E-state index in [9.17, 15) is 14.7 Å². The first kappa shape index (κ1) is 24.1. The maximum atomic E-state index is 12.3. The van der Waals surface area contributed by atoms with E-state index in [2.05, 4.69) is 5.32 Å². The summed E-state index contributed by atoms with van der Waals surface area (Å²) < 4.78 is 16.7. The molecule has 0 radical (unpaired) electrons. The molecule has 7 nitrogen and oxygen atoms in total. The molecule has 0 atom stereocenters. The van der Waals surface area contributed by atoms with Crippen molar-refractivity contribution in [3.63, 3.8) is 0 Å². The molecule has 1 aliphatic heterocycles. The lowest BCUT2D eigenvalue weighted by atomic mass is 9.92. The van der Waals surface area contributed by atoms with Crippen LogP contribution in [0, 0.1) is 12.8 Å². The Morgan fingerprint density at radius 3 is 2.68 bits per heavy atom. The van der Waals surface area contributed by atoms with Crippen molar-refractivity contribution in [3.05, 3.63) is 46.5 Å². The molecule has 0 spiro atoms. The zero-order valence-corrected chi connectivity index (χ0v) is 19.9. The van der Waals surface area contributed by atoms with Gasteiger partial charge >= 0.3 is 5.97 Å². The molecule has 0 saturated carbocycles. The van der Waals surface area contributed by atoms with Gasteiger partial charge in [0.2, 0.25) is 5.91 Å². The van der Waals surface area contributed by atoms with Crippen LogP contribution in [0.4, 0.5) is 5.69 Å². The molecule has 2 aromatic rings. The van der Waals surface area contributed by atoms with Gasteiger partial charge in [-0.15, -0.1) is 0 Å². The maximum Gasteiger partial charge on any atom is 0.315 e. The molecule has 4 rings (SSSR count). The van der Waals surface area contributed by atoms with Gasteiger partial charge in [-0.25, -0.2) is 0 Å². The van der Waals surface area contributed by atoms with Gasteiger partial charge in [0.1, 0.15) is 23.7 Å². The fraction of sp³-hybridized carbons (Fsp3) is 0.481. The number of carbonyl (C=O) groups is 2. The zero-order valence-electron chi connectivity index (χ0n) is 19.9. The number of carbonyl (C=O) groups excluding carboxylic acids is 2. The van der Waals surface area contributed by atoms with E-state index in [1.807, 2.05) is 19.1 Å². The number of hydrogen-bond acceptors (Lipinski definition) is 6. The SMILES string of the molecule is CCOC(=O)CC(=O)Nc1cc(C)c(Oc2ccc(O)c(CC3CCOCC3)c2)c2c1CCC2. The van der Waals surface area contributed by atoms with Gasteiger partial charge in [-0.2, -0.15) is 0 Å². The fourth-order valence-corrected chi connectivity index (χ4v) is 4.86. The molecule has 182 valence electrons. The van der Waals surface area contributed by atoms with E-state index in [1.165, 1.54) is 0 Å². The van der Waals surface area contributed by atoms with Crippen molar-refractivity contribution in [2.45, 2.75) is 58.8 Å². The Morgan fingerprint density at radius 1 is 1.15 bits per heavy atom. The number of amides is 1. The molecule has 0 bridgehead atoms. The summed E-state index contributed by atoms with van der Waals surface area (Å²) in [6, 6.07) is 7.33. The predicted molar refractivity (Wildman–Crippen MR) is 129 cm³/mol. The lowest BCUT2D eigenvalue weighted by Crippen LogP contribution is -2.19. The van der Waals surface area contributed by atoms with Crippen LogP contribution in [0.2, 0.25) is 0 Å². The second-order valence-electron chi connectivity index (χ2n) is 9.06. The number of anilines is 1. The normalized spacial score (nSPS) is 15.6. The number of benzene rings is 2. The van der Waals surface area contributed by atoms with Crippen LogP contribution in [-0.4, -0.2) is 36.8 Å². The van der Waals surface area contributed by atoms with Crippen molar-refractivity contribution >= 4 is 17.6 Å². The largest absolute Gasteiger partial charge is 0.508 e. The summed E-state index contributed by atoms with van der Waals surface area (Å²) in [4.78, 5) is 24.0. The number of hydrogen-bond donors (Lipinski definition) is 2. The highest BCUT2D eigenvalue weighted by atomic mass is 16.5. The number of phenols is 1. The molecule has 2 aliphatic rings. The minimum atomic E-state index is -0.530. The molecule has 2 N–H and O–H groups in total. The second-order valence-corrected chi connectivity index (χ2v) is 9.06. The van der Waals surface area contributed by atoms with Crippen LogP contribution >= 0.6 is 0 Å². The first-order chi connectivity index (χ1) is 16.4. The van der Waals surface area contributed by atoms with Crippen molar-refractivity contribution in [2.24, 2.45) is 5.92 Å². The molecular weight excluding hydrogens is 434 g/mol. The quantitative estimate of drug-likeness (QED) is 0.426. The third-order valence-corrected chi connectivity index (χ3v) is 6.54. The summed E-state index contributed by atoms with van der Waals surface area (Å²) in [6.07, 6.45) is 5.17. The topological polar surface area (TPSA) is 94.1 Å². The second kappa shape index (κ2) is 10.9. The lowest BCUT2D eigenvalue weighted by Gasteiger charge is -2.23. The molecule has 1 amide bonds. The average Bonchev–Trinajstić information content (AvgIpc) is 3.29. The van der Waals surface area contributed by atoms with E-state index >= 15 is 0 Å². The number of rotatable bonds is 8. The predicted octanol–water partition coefficient (Wildman–Crippen LogP) is 4.84. The third kappa shape index (κ3) is 5.70. The Bertz CT molecular complexity index is 1060. The Morgan fingerprint density at radius 2 is 1.91 bits per heavy atom. The van der Waals surface area contributed by atoms with Crippen LogP contribution < -0.4 is 10.1 Å². The molecule has 0 unspecified atom stereocenters. The molecule has 34 heavy (non-hydrogen) atoms. The van der Waals surface area contributed by atoms with Gasteiger partial charge < -0.3 is 24.6 Å². The summed E-state index contributed by atoms with van der Waals surface area (Å²) in [5.41, 5.74) is 4.68. The van der Waals surface area contributed by atoms with E-state index in [4.69, 9.17) is 14.2 Å². The molecule has 1 heterocycles. The minimum Gasteiger partial charge on any atom is -0.508 e. The highest BCUT2D eigenvalue weighted by molar-refractivity contribution is 6.02. The number of aryl methyl sites for hydroxylation is 1. The fourth-order valence-electron chi connectivity index (χ4n) is 4.86. The Labute approximate surface area is 200 Å². The van der Waals surface area contributed by atoms with E-state index in [0.29, 0.717) is 17.4 Å². The molecule has 7 heteroatoms. The zero-order chi connectivity index (χ0) is 24.1. The Hall–Kier alpha value is -3.06. The van der Waals surface area contributed by atoms with Gasteiger partial charge in [-0.05, 0) is 99.2 Å². The molecule has 1 aliphatic carbocycles. The highest BCUT2D eigenvalue weighted by Gasteiger charge is 2.24. The highest BCUT2D eigenvalue weighted by Crippen LogP contribution is 2.41. The average molecular weight is 468 g/mol. The minimum absolute atomic E-state index is 0.251. The van der Waals surface area contributed by atoms with E-state index in [-0.39, 0.29) is 18.9 Å². The summed E-state index contributed by atoms with van der Waals surface area (Å²) >= 11 is 0. The van der Waals surface area contributed by atoms with E-state index < -0.39 is 5.97 Å². The number of ether oxygens (including phenoxy) is 3. The maximum absolute atomic E-state index is 12.3. The molecule has 0 aromatic heterocycles. The number of fused-ring (bicyclic) bond motifs is 1. The van der Waals surface area contributed by atoms with Crippen LogP contribution in [0.15, 0.2) is 24.3 Å². The van der Waals surface area contributed by atoms with E-state index in [0.717, 1.165) is 85.4 Å². The molecule has 1 saturated heterocycles. The number of nitrogens with one attached hydrogen (secondary N) is 1. The van der Waals surface area contributed by atoms with Gasteiger partial charge in [0, 0.05) is 24.5 Å². The number of phenolic OH excluding ortho intramolecular Hbond substituents is 1. The van der Waals surface area contributed by atoms with Gasteiger partial charge in [0.25, 0.3) is 0 Å². The summed E-state index contributed by atoms with van der Waals surface area (Å²) in [6.45, 7) is 5.47. The monoisotopic (exact) mass is 467 g/mol. The van der Waals surface area contributed by atoms with Gasteiger partial charge in [-0.1, -0.05) is 0 Å². The number of aromatic hydroxyl groups is 1. The molecule has 1 fully saturated rings. The first-order valence-corrected chi connectivity index (χ1v) is 12.1. The van der Waals surface area contributed by atoms with Gasteiger partial charge in [0.15, 0.2) is 0 Å². The summed E-state index contributed by atoms with van der Waals surface area (Å²) in [5.74, 6) is 1.38. The Kier molecular flexibility index (Phi) is 7.73. The standard InChI is InChI=1S/C27H33NO6/c1-3-33-26(31)16-25(30)28-23-13-17(2)27(22-6-4-5-21(22)23)34-20-7-8-24(29)19(15-20)14-18-9-11-32-12-10-18/h7-8,13,15,18,29H,3-6,9-12,14,16H2,1-2H3,(H,28,30). The molecular formula is C27H33NO6. The van der Waals surface area contributed by atoms with Gasteiger partial charge in [0.05, 0.1) is 6.61 Å². The van der Waals surface area contributed by atoms with Crippen LogP contribution in [0.3, 0.4) is 0 Å².